The van der Waals surface area contributed by atoms with E-state index in [2.05, 4.69) is 12.2 Å². The van der Waals surface area contributed by atoms with Gasteiger partial charge in [-0.1, -0.05) is 11.6 Å². The summed E-state index contributed by atoms with van der Waals surface area (Å²) < 4.78 is 11.5. The van der Waals surface area contributed by atoms with Crippen molar-refractivity contribution in [3.63, 3.8) is 0 Å². The van der Waals surface area contributed by atoms with Gasteiger partial charge in [0, 0.05) is 35.2 Å². The topological polar surface area (TPSA) is 30.5 Å². The fourth-order valence-electron chi connectivity index (χ4n) is 2.92. The Morgan fingerprint density at radius 1 is 1.50 bits per heavy atom. The van der Waals surface area contributed by atoms with Crippen LogP contribution < -0.4 is 10.1 Å². The van der Waals surface area contributed by atoms with Gasteiger partial charge in [0.15, 0.2) is 0 Å². The number of ether oxygens (including phenoxy) is 2. The van der Waals surface area contributed by atoms with E-state index >= 15 is 0 Å². The smallest absolute Gasteiger partial charge is 0.122 e. The van der Waals surface area contributed by atoms with Gasteiger partial charge >= 0.3 is 0 Å². The number of benzene rings is 1. The van der Waals surface area contributed by atoms with Crippen molar-refractivity contribution in [3.8, 4) is 5.75 Å². The normalized spacial score (nSPS) is 29.2. The van der Waals surface area contributed by atoms with Crippen LogP contribution in [0, 0.1) is 0 Å². The first-order valence-corrected chi connectivity index (χ1v) is 6.23. The molecule has 100 valence electrons. The summed E-state index contributed by atoms with van der Waals surface area (Å²) in [6, 6.07) is 3.83. The van der Waals surface area contributed by atoms with Gasteiger partial charge < -0.3 is 14.8 Å². The first-order chi connectivity index (χ1) is 8.15. The molecule has 5 heteroatoms. The van der Waals surface area contributed by atoms with E-state index in [0.717, 1.165) is 29.4 Å². The first-order valence-electron chi connectivity index (χ1n) is 5.85. The van der Waals surface area contributed by atoms with Gasteiger partial charge in [0.05, 0.1) is 19.3 Å². The molecule has 0 amide bonds. The third kappa shape index (κ3) is 1.90. The number of hydrogen-bond donors (Lipinski definition) is 1. The fourth-order valence-corrected chi connectivity index (χ4v) is 3.14. The summed E-state index contributed by atoms with van der Waals surface area (Å²) in [4.78, 5) is 0. The summed E-state index contributed by atoms with van der Waals surface area (Å²) in [5.74, 6) is 1.24. The molecule has 1 aromatic rings. The van der Waals surface area contributed by atoms with Gasteiger partial charge in [-0.15, -0.1) is 12.4 Å². The molecule has 1 aromatic carbocycles. The fraction of sp³-hybridized carbons (Fsp3) is 0.538. The van der Waals surface area contributed by atoms with E-state index in [1.54, 1.807) is 7.11 Å². The number of rotatable bonds is 1. The van der Waals surface area contributed by atoms with Crippen LogP contribution in [0.25, 0.3) is 0 Å². The van der Waals surface area contributed by atoms with E-state index in [1.165, 1.54) is 5.56 Å². The summed E-state index contributed by atoms with van der Waals surface area (Å²) >= 11 is 6.25. The highest BCUT2D eigenvalue weighted by Gasteiger charge is 2.46. The zero-order valence-corrected chi connectivity index (χ0v) is 12.0. The summed E-state index contributed by atoms with van der Waals surface area (Å²) in [5, 5.41) is 4.17. The van der Waals surface area contributed by atoms with Crippen molar-refractivity contribution < 1.29 is 9.47 Å². The Labute approximate surface area is 118 Å². The first kappa shape index (κ1) is 13.9. The molecular formula is C13H17Cl2NO2. The second kappa shape index (κ2) is 4.89. The quantitative estimate of drug-likeness (QED) is 0.862. The molecule has 2 heterocycles. The van der Waals surface area contributed by atoms with Gasteiger partial charge in [-0.25, -0.2) is 0 Å². The van der Waals surface area contributed by atoms with Crippen molar-refractivity contribution >= 4 is 24.0 Å². The van der Waals surface area contributed by atoms with Crippen LogP contribution in [0.1, 0.15) is 24.0 Å². The monoisotopic (exact) mass is 289 g/mol. The van der Waals surface area contributed by atoms with E-state index in [4.69, 9.17) is 21.1 Å². The number of methoxy groups -OCH3 is 1. The lowest BCUT2D eigenvalue weighted by Crippen LogP contribution is -2.40. The molecule has 1 fully saturated rings. The standard InChI is InChI=1S/C13H16ClNO2.ClH/c1-13-7-15-5-9(13)12-8(6-17-13)10(14)3-4-11(12)16-2;/h3-4,9,15H,5-7H2,1-2H3;1H. The minimum Gasteiger partial charge on any atom is -0.496 e. The van der Waals surface area contributed by atoms with E-state index < -0.39 is 0 Å². The Bertz CT molecular complexity index is 467. The number of fused-ring (bicyclic) bond motifs is 3. The van der Waals surface area contributed by atoms with Crippen molar-refractivity contribution in [1.29, 1.82) is 0 Å². The van der Waals surface area contributed by atoms with E-state index in [-0.39, 0.29) is 18.0 Å². The van der Waals surface area contributed by atoms with Crippen LogP contribution in [0.5, 0.6) is 5.75 Å². The van der Waals surface area contributed by atoms with Crippen LogP contribution in [-0.2, 0) is 11.3 Å². The van der Waals surface area contributed by atoms with Crippen molar-refractivity contribution in [2.45, 2.75) is 25.0 Å². The van der Waals surface area contributed by atoms with Crippen molar-refractivity contribution in [3.05, 3.63) is 28.3 Å². The summed E-state index contributed by atoms with van der Waals surface area (Å²) in [7, 11) is 1.71. The summed E-state index contributed by atoms with van der Waals surface area (Å²) in [6.07, 6.45) is 0. The lowest BCUT2D eigenvalue weighted by atomic mass is 9.81. The average Bonchev–Trinajstić information content (AvgIpc) is 2.71. The van der Waals surface area contributed by atoms with E-state index in [9.17, 15) is 0 Å². The predicted molar refractivity (Wildman–Crippen MR) is 74.1 cm³/mol. The number of nitrogens with one attached hydrogen (secondary N) is 1. The molecule has 0 aromatic heterocycles. The molecule has 2 aliphatic rings. The molecule has 3 nitrogen and oxygen atoms in total. The van der Waals surface area contributed by atoms with Crippen molar-refractivity contribution in [1.82, 2.24) is 5.32 Å². The van der Waals surface area contributed by atoms with E-state index in [1.807, 2.05) is 12.1 Å². The van der Waals surface area contributed by atoms with Gasteiger partial charge in [0.1, 0.15) is 5.75 Å². The molecule has 1 N–H and O–H groups in total. The predicted octanol–water partition coefficient (Wildman–Crippen LogP) is 2.75. The molecule has 0 radical (unpaired) electrons. The number of halogens is 2. The Morgan fingerprint density at radius 3 is 3.00 bits per heavy atom. The highest BCUT2D eigenvalue weighted by Crippen LogP contribution is 2.46. The Hall–Kier alpha value is -0.480. The third-order valence-corrected chi connectivity index (χ3v) is 4.29. The van der Waals surface area contributed by atoms with Gasteiger partial charge in [-0.2, -0.15) is 0 Å². The van der Waals surface area contributed by atoms with E-state index in [0.29, 0.717) is 12.5 Å². The molecule has 1 saturated heterocycles. The van der Waals surface area contributed by atoms with Gasteiger partial charge in [0.25, 0.3) is 0 Å². The second-order valence-corrected chi connectivity index (χ2v) is 5.33. The molecule has 0 aliphatic carbocycles. The van der Waals surface area contributed by atoms with Crippen LogP contribution in [-0.4, -0.2) is 25.8 Å². The maximum Gasteiger partial charge on any atom is 0.122 e. The maximum absolute atomic E-state index is 6.25. The third-order valence-electron chi connectivity index (χ3n) is 3.94. The zero-order valence-electron chi connectivity index (χ0n) is 10.5. The zero-order chi connectivity index (χ0) is 12.0. The minimum atomic E-state index is -0.134. The molecule has 3 rings (SSSR count). The Balaban J connectivity index is 0.00000120. The summed E-state index contributed by atoms with van der Waals surface area (Å²) in [6.45, 7) is 4.52. The highest BCUT2D eigenvalue weighted by molar-refractivity contribution is 6.31. The lowest BCUT2D eigenvalue weighted by Gasteiger charge is -2.38. The average molecular weight is 290 g/mol. The van der Waals surface area contributed by atoms with Crippen LogP contribution >= 0.6 is 24.0 Å². The molecule has 0 saturated carbocycles. The second-order valence-electron chi connectivity index (χ2n) is 4.93. The number of hydrogen-bond acceptors (Lipinski definition) is 3. The van der Waals surface area contributed by atoms with Crippen LogP contribution in [0.4, 0.5) is 0 Å². The maximum atomic E-state index is 6.25. The molecular weight excluding hydrogens is 273 g/mol. The lowest BCUT2D eigenvalue weighted by molar-refractivity contribution is -0.0523. The van der Waals surface area contributed by atoms with Gasteiger partial charge in [0.2, 0.25) is 0 Å². The summed E-state index contributed by atoms with van der Waals surface area (Å²) in [5.41, 5.74) is 2.17. The molecule has 18 heavy (non-hydrogen) atoms. The van der Waals surface area contributed by atoms with Gasteiger partial charge in [-0.3, -0.25) is 0 Å². The molecule has 0 bridgehead atoms. The van der Waals surface area contributed by atoms with Gasteiger partial charge in [-0.05, 0) is 19.1 Å². The molecule has 2 aliphatic heterocycles. The SMILES string of the molecule is COc1ccc(Cl)c2c1C1CNCC1(C)OC2.Cl. The molecule has 2 unspecified atom stereocenters. The van der Waals surface area contributed by atoms with Crippen LogP contribution in [0.2, 0.25) is 5.02 Å². The Kier molecular flexibility index (Phi) is 3.79. The highest BCUT2D eigenvalue weighted by atomic mass is 35.5. The Morgan fingerprint density at radius 2 is 2.28 bits per heavy atom. The van der Waals surface area contributed by atoms with Crippen molar-refractivity contribution in [2.75, 3.05) is 20.2 Å². The van der Waals surface area contributed by atoms with Crippen molar-refractivity contribution in [2.24, 2.45) is 0 Å². The largest absolute Gasteiger partial charge is 0.496 e. The van der Waals surface area contributed by atoms with Crippen LogP contribution in [0.3, 0.4) is 0 Å². The molecule has 0 spiro atoms. The molecule has 2 atom stereocenters. The van der Waals surface area contributed by atoms with Crippen LogP contribution in [0.15, 0.2) is 12.1 Å². The minimum absolute atomic E-state index is 0.